The number of hydrogen-bond acceptors (Lipinski definition) is 6. The predicted octanol–water partition coefficient (Wildman–Crippen LogP) is 2.86. The van der Waals surface area contributed by atoms with E-state index in [1.54, 1.807) is 0 Å². The summed E-state index contributed by atoms with van der Waals surface area (Å²) in [6.07, 6.45) is 0.729. The van der Waals surface area contributed by atoms with Gasteiger partial charge in [-0.25, -0.2) is 15.2 Å². The molecule has 0 aromatic carbocycles. The molecule has 1 aliphatic heterocycles. The molecule has 1 aromatic heterocycles. The van der Waals surface area contributed by atoms with E-state index in [-0.39, 0.29) is 24.1 Å². The van der Waals surface area contributed by atoms with Crippen molar-refractivity contribution in [1.29, 1.82) is 0 Å². The van der Waals surface area contributed by atoms with Crippen molar-refractivity contribution in [2.45, 2.75) is 31.0 Å². The van der Waals surface area contributed by atoms with E-state index in [2.05, 4.69) is 4.98 Å². The van der Waals surface area contributed by atoms with E-state index >= 15 is 0 Å². The Morgan fingerprint density at radius 2 is 2.04 bits per heavy atom. The lowest BCUT2D eigenvalue weighted by Crippen LogP contribution is -2.55. The molecule has 1 aliphatic carbocycles. The largest absolute Gasteiger partial charge is 0.493 e. The third-order valence-electron chi connectivity index (χ3n) is 4.36. The summed E-state index contributed by atoms with van der Waals surface area (Å²) >= 11 is 0. The summed E-state index contributed by atoms with van der Waals surface area (Å²) in [4.78, 5) is 3.70. The van der Waals surface area contributed by atoms with Gasteiger partial charge >= 0.3 is 6.18 Å². The van der Waals surface area contributed by atoms with Crippen molar-refractivity contribution in [3.63, 3.8) is 0 Å². The highest BCUT2D eigenvalue weighted by Gasteiger charge is 2.61. The molecule has 140 valence electrons. The quantitative estimate of drug-likeness (QED) is 0.429. The molecule has 2 aliphatic rings. The van der Waals surface area contributed by atoms with Gasteiger partial charge in [0, 0.05) is 18.0 Å². The maximum Gasteiger partial charge on any atom is 0.428 e. The van der Waals surface area contributed by atoms with E-state index < -0.39 is 29.4 Å². The van der Waals surface area contributed by atoms with Gasteiger partial charge in [-0.15, -0.1) is 0 Å². The number of aliphatic hydroxyl groups excluding tert-OH is 1. The van der Waals surface area contributed by atoms with Gasteiger partial charge in [-0.05, 0) is 43.1 Å². The van der Waals surface area contributed by atoms with Gasteiger partial charge in [0.2, 0.25) is 11.5 Å². The second-order valence-electron chi connectivity index (χ2n) is 6.05. The first-order valence-electron chi connectivity index (χ1n) is 7.67. The number of pyridine rings is 1. The van der Waals surface area contributed by atoms with E-state index in [0.717, 1.165) is 11.1 Å². The van der Waals surface area contributed by atoms with Gasteiger partial charge < -0.3 is 15.6 Å². The van der Waals surface area contributed by atoms with E-state index in [0.29, 0.717) is 12.0 Å². The van der Waals surface area contributed by atoms with Crippen LogP contribution in [0.3, 0.4) is 0 Å². The zero-order valence-corrected chi connectivity index (χ0v) is 13.4. The molecule has 0 spiro atoms. The Kier molecular flexibility index (Phi) is 4.31. The summed E-state index contributed by atoms with van der Waals surface area (Å²) in [6.45, 7) is 0. The number of hydrazine groups is 1. The summed E-state index contributed by atoms with van der Waals surface area (Å²) in [5, 5.41) is 10.4. The number of ether oxygens (including phenoxy) is 1. The van der Waals surface area contributed by atoms with Crippen LogP contribution in [0.25, 0.3) is 5.57 Å². The fraction of sp³-hybridized carbons (Fsp3) is 0.312. The molecule has 10 heteroatoms. The van der Waals surface area contributed by atoms with Crippen LogP contribution in [0.2, 0.25) is 0 Å². The monoisotopic (exact) mass is 372 g/mol. The van der Waals surface area contributed by atoms with Crippen LogP contribution in [-0.4, -0.2) is 26.9 Å². The van der Waals surface area contributed by atoms with Crippen LogP contribution < -0.4 is 16.3 Å². The van der Waals surface area contributed by atoms with Gasteiger partial charge in [0.05, 0.1) is 0 Å². The molecule has 0 unspecified atom stereocenters. The molecule has 3 rings (SSSR count). The third kappa shape index (κ3) is 3.07. The van der Waals surface area contributed by atoms with Gasteiger partial charge in [-0.3, -0.25) is 5.01 Å². The summed E-state index contributed by atoms with van der Waals surface area (Å²) in [5.74, 6) is 3.32. The topological polar surface area (TPSA) is 97.6 Å². The van der Waals surface area contributed by atoms with Crippen LogP contribution in [0, 0.1) is 5.82 Å². The van der Waals surface area contributed by atoms with Crippen LogP contribution in [-0.2, 0) is 0 Å². The van der Waals surface area contributed by atoms with Gasteiger partial charge in [-0.2, -0.15) is 13.2 Å². The van der Waals surface area contributed by atoms with Crippen LogP contribution in [0.15, 0.2) is 42.2 Å². The number of alkyl halides is 3. The van der Waals surface area contributed by atoms with Crippen molar-refractivity contribution >= 4 is 5.57 Å². The lowest BCUT2D eigenvalue weighted by Gasteiger charge is -2.42. The first-order chi connectivity index (χ1) is 12.1. The highest BCUT2D eigenvalue weighted by Crippen LogP contribution is 2.48. The summed E-state index contributed by atoms with van der Waals surface area (Å²) in [5.41, 5.74) is 3.66. The molecule has 0 radical (unpaired) electrons. The molecule has 6 nitrogen and oxygen atoms in total. The second kappa shape index (κ2) is 6.20. The van der Waals surface area contributed by atoms with Crippen molar-refractivity contribution in [2.24, 2.45) is 11.6 Å². The first kappa shape index (κ1) is 18.1. The zero-order chi connectivity index (χ0) is 19.1. The molecule has 26 heavy (non-hydrogen) atoms. The van der Waals surface area contributed by atoms with E-state index in [4.69, 9.17) is 16.3 Å². The Hall–Kier alpha value is -2.75. The highest BCUT2D eigenvalue weighted by atomic mass is 19.4. The van der Waals surface area contributed by atoms with Gasteiger partial charge in [-0.1, -0.05) is 0 Å². The molecule has 5 N–H and O–H groups in total. The Morgan fingerprint density at radius 3 is 2.54 bits per heavy atom. The normalized spacial score (nSPS) is 21.1. The van der Waals surface area contributed by atoms with Gasteiger partial charge in [0.25, 0.3) is 5.88 Å². The van der Waals surface area contributed by atoms with Crippen LogP contribution in [0.5, 0.6) is 5.88 Å². The number of aliphatic hydroxyl groups is 1. The smallest absolute Gasteiger partial charge is 0.428 e. The molecule has 1 saturated carbocycles. The Labute approximate surface area is 146 Å². The summed E-state index contributed by atoms with van der Waals surface area (Å²) in [6, 6.07) is 0.999. The lowest BCUT2D eigenvalue weighted by molar-refractivity contribution is -0.275. The molecule has 0 atom stereocenters. The average Bonchev–Trinajstić information content (AvgIpc) is 2.51. The van der Waals surface area contributed by atoms with Crippen LogP contribution >= 0.6 is 0 Å². The average molecular weight is 372 g/mol. The molecule has 1 fully saturated rings. The summed E-state index contributed by atoms with van der Waals surface area (Å²) < 4.78 is 58.6. The maximum atomic E-state index is 14.3. The molecule has 2 heterocycles. The second-order valence-corrected chi connectivity index (χ2v) is 6.05. The number of nitrogens with two attached hydrogens (primary N) is 2. The van der Waals surface area contributed by atoms with Crippen LogP contribution in [0.1, 0.15) is 24.8 Å². The minimum absolute atomic E-state index is 0.0775. The molecular weight excluding hydrogens is 356 g/mol. The van der Waals surface area contributed by atoms with Crippen molar-refractivity contribution < 1.29 is 27.4 Å². The standard InChI is InChI=1S/C16H16F4N4O2/c17-11-6-10(9-2-5-24(22)12(7-9)13(21)25)8-23-14(11)26-15(3-1-4-15)16(18,19)20/h2,5-8,25H,1,3-4,21-22H2/b13-12+. The minimum atomic E-state index is -4.60. The molecule has 0 saturated heterocycles. The van der Waals surface area contributed by atoms with Gasteiger partial charge in [0.1, 0.15) is 5.70 Å². The van der Waals surface area contributed by atoms with E-state index in [1.165, 1.54) is 24.5 Å². The van der Waals surface area contributed by atoms with Crippen molar-refractivity contribution in [3.05, 3.63) is 53.6 Å². The number of halogens is 4. The first-order valence-corrected chi connectivity index (χ1v) is 7.67. The summed E-state index contributed by atoms with van der Waals surface area (Å²) in [7, 11) is 0. The molecule has 0 amide bonds. The highest BCUT2D eigenvalue weighted by molar-refractivity contribution is 5.77. The van der Waals surface area contributed by atoms with Crippen molar-refractivity contribution in [3.8, 4) is 5.88 Å². The van der Waals surface area contributed by atoms with Crippen LogP contribution in [0.4, 0.5) is 17.6 Å². The van der Waals surface area contributed by atoms with Crippen molar-refractivity contribution in [2.75, 3.05) is 0 Å². The Balaban J connectivity index is 1.88. The van der Waals surface area contributed by atoms with E-state index in [1.807, 2.05) is 0 Å². The fourth-order valence-corrected chi connectivity index (χ4v) is 2.68. The number of allylic oxidation sites excluding steroid dienone is 3. The Morgan fingerprint density at radius 1 is 1.35 bits per heavy atom. The fourth-order valence-electron chi connectivity index (χ4n) is 2.68. The van der Waals surface area contributed by atoms with E-state index in [9.17, 15) is 22.7 Å². The Bertz CT molecular complexity index is 809. The number of nitrogens with zero attached hydrogens (tertiary/aromatic N) is 2. The van der Waals surface area contributed by atoms with Gasteiger partial charge in [0.15, 0.2) is 5.82 Å². The zero-order valence-electron chi connectivity index (χ0n) is 13.4. The minimum Gasteiger partial charge on any atom is -0.493 e. The third-order valence-corrected chi connectivity index (χ3v) is 4.36. The van der Waals surface area contributed by atoms with Crippen molar-refractivity contribution in [1.82, 2.24) is 9.99 Å². The molecular formula is C16H16F4N4O2. The number of hydrogen-bond donors (Lipinski definition) is 3. The number of rotatable bonds is 3. The SMILES string of the molecule is N/C(O)=C1/C=C(c2cnc(OC3(C(F)(F)F)CCC3)c(F)c2)C=CN1N. The predicted molar refractivity (Wildman–Crippen MR) is 84.4 cm³/mol. The lowest BCUT2D eigenvalue weighted by atomic mass is 9.79. The maximum absolute atomic E-state index is 14.3. The number of aromatic nitrogens is 1. The molecule has 1 aromatic rings. The molecule has 0 bridgehead atoms.